The van der Waals surface area contributed by atoms with E-state index in [0.717, 1.165) is 6.07 Å². The van der Waals surface area contributed by atoms with Crippen LogP contribution in [-0.2, 0) is 6.61 Å². The SMILES string of the molecule is N#Cc1cc(Oc2ccc(CO)cc2C#N)ccc1F. The molecule has 98 valence electrons. The van der Waals surface area contributed by atoms with E-state index in [1.807, 2.05) is 6.07 Å². The maximum absolute atomic E-state index is 13.2. The zero-order valence-corrected chi connectivity index (χ0v) is 10.3. The fourth-order valence-electron chi connectivity index (χ4n) is 1.63. The van der Waals surface area contributed by atoms with Crippen LogP contribution in [0.5, 0.6) is 11.5 Å². The van der Waals surface area contributed by atoms with Gasteiger partial charge in [0.2, 0.25) is 0 Å². The van der Waals surface area contributed by atoms with E-state index in [1.54, 1.807) is 18.2 Å². The molecule has 0 bridgehead atoms. The molecule has 0 aromatic heterocycles. The van der Waals surface area contributed by atoms with Gasteiger partial charge in [-0.1, -0.05) is 6.07 Å². The summed E-state index contributed by atoms with van der Waals surface area (Å²) in [6.07, 6.45) is 0. The van der Waals surface area contributed by atoms with Gasteiger partial charge < -0.3 is 9.84 Å². The monoisotopic (exact) mass is 268 g/mol. The molecular formula is C15H9FN2O2. The molecule has 0 atom stereocenters. The fourth-order valence-corrected chi connectivity index (χ4v) is 1.63. The molecule has 0 amide bonds. The quantitative estimate of drug-likeness (QED) is 0.928. The van der Waals surface area contributed by atoms with Crippen molar-refractivity contribution in [2.45, 2.75) is 6.61 Å². The van der Waals surface area contributed by atoms with Crippen molar-refractivity contribution in [3.05, 3.63) is 58.9 Å². The lowest BCUT2D eigenvalue weighted by Gasteiger charge is -2.08. The van der Waals surface area contributed by atoms with Crippen LogP contribution < -0.4 is 4.74 Å². The predicted molar refractivity (Wildman–Crippen MR) is 68.3 cm³/mol. The highest BCUT2D eigenvalue weighted by Gasteiger charge is 2.08. The van der Waals surface area contributed by atoms with Crippen molar-refractivity contribution >= 4 is 0 Å². The van der Waals surface area contributed by atoms with Crippen LogP contribution in [0.4, 0.5) is 4.39 Å². The van der Waals surface area contributed by atoms with Crippen LogP contribution in [0.15, 0.2) is 36.4 Å². The molecule has 0 aliphatic heterocycles. The van der Waals surface area contributed by atoms with E-state index in [2.05, 4.69) is 0 Å². The molecule has 20 heavy (non-hydrogen) atoms. The normalized spacial score (nSPS) is 9.60. The second-order valence-corrected chi connectivity index (χ2v) is 3.96. The second-order valence-electron chi connectivity index (χ2n) is 3.96. The van der Waals surface area contributed by atoms with E-state index in [1.165, 1.54) is 18.2 Å². The highest BCUT2D eigenvalue weighted by atomic mass is 19.1. The molecule has 2 rings (SSSR count). The van der Waals surface area contributed by atoms with Crippen LogP contribution in [0.2, 0.25) is 0 Å². The van der Waals surface area contributed by atoms with E-state index in [9.17, 15) is 4.39 Å². The Balaban J connectivity index is 2.36. The molecular weight excluding hydrogens is 259 g/mol. The minimum atomic E-state index is -0.629. The first kappa shape index (κ1) is 13.5. The number of halogens is 1. The third-order valence-electron chi connectivity index (χ3n) is 2.63. The van der Waals surface area contributed by atoms with Gasteiger partial charge in [0.15, 0.2) is 0 Å². The average molecular weight is 268 g/mol. The first-order valence-electron chi connectivity index (χ1n) is 5.69. The summed E-state index contributed by atoms with van der Waals surface area (Å²) in [4.78, 5) is 0. The zero-order chi connectivity index (χ0) is 14.5. The summed E-state index contributed by atoms with van der Waals surface area (Å²) in [6.45, 7) is -0.176. The predicted octanol–water partition coefficient (Wildman–Crippen LogP) is 2.85. The largest absolute Gasteiger partial charge is 0.456 e. The summed E-state index contributed by atoms with van der Waals surface area (Å²) in [6, 6.07) is 12.1. The first-order valence-corrected chi connectivity index (χ1v) is 5.69. The molecule has 5 heteroatoms. The maximum atomic E-state index is 13.2. The van der Waals surface area contributed by atoms with Gasteiger partial charge in [0.25, 0.3) is 0 Å². The van der Waals surface area contributed by atoms with E-state index in [0.29, 0.717) is 5.56 Å². The minimum absolute atomic E-state index is 0.131. The molecule has 4 nitrogen and oxygen atoms in total. The van der Waals surface area contributed by atoms with Gasteiger partial charge in [0, 0.05) is 6.07 Å². The lowest BCUT2D eigenvalue weighted by Crippen LogP contribution is -1.92. The molecule has 0 saturated carbocycles. The van der Waals surface area contributed by atoms with Gasteiger partial charge in [-0.25, -0.2) is 4.39 Å². The summed E-state index contributed by atoms with van der Waals surface area (Å²) in [7, 11) is 0. The summed E-state index contributed by atoms with van der Waals surface area (Å²) >= 11 is 0. The van der Waals surface area contributed by atoms with Crippen molar-refractivity contribution in [2.75, 3.05) is 0 Å². The lowest BCUT2D eigenvalue weighted by molar-refractivity contribution is 0.281. The molecule has 0 saturated heterocycles. The number of rotatable bonds is 3. The van der Waals surface area contributed by atoms with E-state index >= 15 is 0 Å². The summed E-state index contributed by atoms with van der Waals surface area (Å²) in [5.41, 5.74) is 0.707. The van der Waals surface area contributed by atoms with Gasteiger partial charge in [0.05, 0.1) is 17.7 Å². The third-order valence-corrected chi connectivity index (χ3v) is 2.63. The Labute approximate surface area is 114 Å². The second kappa shape index (κ2) is 5.83. The summed E-state index contributed by atoms with van der Waals surface area (Å²) in [5.74, 6) is -0.0904. The van der Waals surface area contributed by atoms with E-state index in [-0.39, 0.29) is 29.2 Å². The number of ether oxygens (including phenoxy) is 1. The fraction of sp³-hybridized carbons (Fsp3) is 0.0667. The summed E-state index contributed by atoms with van der Waals surface area (Å²) in [5, 5.41) is 26.8. The van der Waals surface area contributed by atoms with Crippen molar-refractivity contribution in [2.24, 2.45) is 0 Å². The number of nitrogens with zero attached hydrogens (tertiary/aromatic N) is 2. The van der Waals surface area contributed by atoms with Crippen molar-refractivity contribution < 1.29 is 14.2 Å². The number of hydrogen-bond donors (Lipinski definition) is 1. The molecule has 0 heterocycles. The van der Waals surface area contributed by atoms with Crippen LogP contribution in [0.25, 0.3) is 0 Å². The number of aliphatic hydroxyl groups is 1. The smallest absolute Gasteiger partial charge is 0.145 e. The van der Waals surface area contributed by atoms with Gasteiger partial charge in [-0.05, 0) is 29.8 Å². The molecule has 0 fully saturated rings. The van der Waals surface area contributed by atoms with Crippen LogP contribution in [0, 0.1) is 28.5 Å². The highest BCUT2D eigenvalue weighted by Crippen LogP contribution is 2.27. The van der Waals surface area contributed by atoms with Crippen molar-refractivity contribution in [1.82, 2.24) is 0 Å². The number of nitriles is 2. The van der Waals surface area contributed by atoms with Gasteiger partial charge in [-0.15, -0.1) is 0 Å². The zero-order valence-electron chi connectivity index (χ0n) is 10.3. The molecule has 0 spiro atoms. The maximum Gasteiger partial charge on any atom is 0.145 e. The average Bonchev–Trinajstić information content (AvgIpc) is 2.49. The first-order chi connectivity index (χ1) is 9.67. The van der Waals surface area contributed by atoms with Gasteiger partial charge in [-0.3, -0.25) is 0 Å². The third kappa shape index (κ3) is 2.74. The Kier molecular flexibility index (Phi) is 3.95. The molecule has 0 aliphatic carbocycles. The van der Waals surface area contributed by atoms with Crippen LogP contribution in [0.1, 0.15) is 16.7 Å². The summed E-state index contributed by atoms with van der Waals surface area (Å²) < 4.78 is 18.7. The Bertz CT molecular complexity index is 730. The van der Waals surface area contributed by atoms with Crippen molar-refractivity contribution in [1.29, 1.82) is 10.5 Å². The molecule has 0 radical (unpaired) electrons. The van der Waals surface area contributed by atoms with Crippen LogP contribution >= 0.6 is 0 Å². The van der Waals surface area contributed by atoms with Gasteiger partial charge in [-0.2, -0.15) is 10.5 Å². The Morgan fingerprint density at radius 3 is 2.45 bits per heavy atom. The minimum Gasteiger partial charge on any atom is -0.456 e. The Hall–Kier alpha value is -2.89. The lowest BCUT2D eigenvalue weighted by atomic mass is 10.1. The van der Waals surface area contributed by atoms with Crippen LogP contribution in [-0.4, -0.2) is 5.11 Å². The van der Waals surface area contributed by atoms with Gasteiger partial charge >= 0.3 is 0 Å². The van der Waals surface area contributed by atoms with Crippen LogP contribution in [0.3, 0.4) is 0 Å². The standard InChI is InChI=1S/C15H9FN2O2/c16-14-3-2-13(6-11(14)7-17)20-15-4-1-10(9-19)5-12(15)8-18/h1-6,19H,9H2. The molecule has 0 aliphatic rings. The topological polar surface area (TPSA) is 77.0 Å². The molecule has 2 aromatic carbocycles. The number of aliphatic hydroxyl groups excluding tert-OH is 1. The molecule has 2 aromatic rings. The molecule has 1 N–H and O–H groups in total. The Morgan fingerprint density at radius 2 is 1.80 bits per heavy atom. The van der Waals surface area contributed by atoms with Crippen molar-refractivity contribution in [3.63, 3.8) is 0 Å². The van der Waals surface area contributed by atoms with Gasteiger partial charge in [0.1, 0.15) is 29.5 Å². The van der Waals surface area contributed by atoms with E-state index in [4.69, 9.17) is 20.4 Å². The van der Waals surface area contributed by atoms with Crippen molar-refractivity contribution in [3.8, 4) is 23.6 Å². The molecule has 0 unspecified atom stereocenters. The highest BCUT2D eigenvalue weighted by molar-refractivity contribution is 5.48. The van der Waals surface area contributed by atoms with E-state index < -0.39 is 5.82 Å². The number of hydrogen-bond acceptors (Lipinski definition) is 4. The Morgan fingerprint density at radius 1 is 1.05 bits per heavy atom. The number of benzene rings is 2.